The van der Waals surface area contributed by atoms with Crippen molar-refractivity contribution < 1.29 is 4.79 Å². The third-order valence-electron chi connectivity index (χ3n) is 5.41. The molecular weight excluding hydrogens is 310 g/mol. The number of carbonyl (C=O) groups is 1. The molecular formula is C21H27N3O. The molecule has 0 aromatic heterocycles. The van der Waals surface area contributed by atoms with E-state index in [0.717, 1.165) is 32.1 Å². The van der Waals surface area contributed by atoms with Gasteiger partial charge in [-0.1, -0.05) is 31.0 Å². The maximum atomic E-state index is 12.2. The highest BCUT2D eigenvalue weighted by Crippen LogP contribution is 2.25. The Labute approximate surface area is 150 Å². The van der Waals surface area contributed by atoms with Gasteiger partial charge in [0.05, 0.1) is 0 Å². The number of hydrogen-bond donors (Lipinski definition) is 2. The van der Waals surface area contributed by atoms with Gasteiger partial charge in [-0.15, -0.1) is 0 Å². The van der Waals surface area contributed by atoms with E-state index in [2.05, 4.69) is 35.8 Å². The molecule has 4 nitrogen and oxygen atoms in total. The normalized spacial score (nSPS) is 19.0. The maximum Gasteiger partial charge on any atom is 0.263 e. The average Bonchev–Trinajstić information content (AvgIpc) is 3.14. The van der Waals surface area contributed by atoms with E-state index in [1.165, 1.54) is 36.0 Å². The molecule has 1 atom stereocenters. The fraction of sp³-hybridized carbons (Fsp3) is 0.524. The van der Waals surface area contributed by atoms with Gasteiger partial charge in [-0.3, -0.25) is 4.79 Å². The minimum absolute atomic E-state index is 0.0647. The molecule has 0 aliphatic heterocycles. The highest BCUT2D eigenvalue weighted by molar-refractivity contribution is 5.97. The predicted molar refractivity (Wildman–Crippen MR) is 98.7 cm³/mol. The van der Waals surface area contributed by atoms with Crippen molar-refractivity contribution >= 4 is 5.91 Å². The number of rotatable bonds is 5. The van der Waals surface area contributed by atoms with Crippen LogP contribution in [0.1, 0.15) is 68.2 Å². The molecule has 2 aliphatic carbocycles. The molecule has 3 rings (SSSR count). The molecule has 1 aromatic carbocycles. The first-order valence-corrected chi connectivity index (χ1v) is 9.46. The molecule has 2 N–H and O–H groups in total. The molecule has 1 amide bonds. The second-order valence-corrected chi connectivity index (χ2v) is 7.25. The van der Waals surface area contributed by atoms with Gasteiger partial charge in [-0.25, -0.2) is 0 Å². The van der Waals surface area contributed by atoms with Crippen molar-refractivity contribution in [3.8, 4) is 6.07 Å². The van der Waals surface area contributed by atoms with E-state index in [1.54, 1.807) is 6.20 Å². The Hall–Kier alpha value is -2.28. The molecule has 0 heterocycles. The zero-order chi connectivity index (χ0) is 17.6. The van der Waals surface area contributed by atoms with Gasteiger partial charge in [0.15, 0.2) is 0 Å². The summed E-state index contributed by atoms with van der Waals surface area (Å²) in [6.07, 6.45) is 10.8. The van der Waals surface area contributed by atoms with Crippen LogP contribution >= 0.6 is 0 Å². The molecule has 25 heavy (non-hydrogen) atoms. The number of amides is 1. The van der Waals surface area contributed by atoms with Gasteiger partial charge in [-0.05, 0) is 62.1 Å². The van der Waals surface area contributed by atoms with Crippen molar-refractivity contribution in [1.29, 1.82) is 5.26 Å². The van der Waals surface area contributed by atoms with Crippen LogP contribution in [0.4, 0.5) is 0 Å². The smallest absolute Gasteiger partial charge is 0.263 e. The van der Waals surface area contributed by atoms with Gasteiger partial charge < -0.3 is 10.6 Å². The average molecular weight is 337 g/mol. The van der Waals surface area contributed by atoms with Crippen molar-refractivity contribution in [1.82, 2.24) is 10.6 Å². The summed E-state index contributed by atoms with van der Waals surface area (Å²) in [4.78, 5) is 12.2. The van der Waals surface area contributed by atoms with E-state index in [9.17, 15) is 10.1 Å². The number of nitrogens with one attached hydrogen (secondary N) is 2. The SMILES string of the molecule is CC(N/C=C(/C#N)C(=O)NC1CCCC1)c1ccc2c(c1)CCCC2. The van der Waals surface area contributed by atoms with Crippen molar-refractivity contribution in [3.05, 3.63) is 46.7 Å². The number of carbonyl (C=O) groups excluding carboxylic acids is 1. The molecule has 0 radical (unpaired) electrons. The molecule has 0 bridgehead atoms. The van der Waals surface area contributed by atoms with Crippen LogP contribution in [0.25, 0.3) is 0 Å². The number of nitriles is 1. The van der Waals surface area contributed by atoms with E-state index in [4.69, 9.17) is 0 Å². The Balaban J connectivity index is 1.62. The van der Waals surface area contributed by atoms with Gasteiger partial charge in [0.25, 0.3) is 5.91 Å². The van der Waals surface area contributed by atoms with Gasteiger partial charge >= 0.3 is 0 Å². The van der Waals surface area contributed by atoms with Crippen molar-refractivity contribution in [3.63, 3.8) is 0 Å². The van der Waals surface area contributed by atoms with Gasteiger partial charge in [0, 0.05) is 18.3 Å². The lowest BCUT2D eigenvalue weighted by atomic mass is 9.89. The Kier molecular flexibility index (Phi) is 5.75. The lowest BCUT2D eigenvalue weighted by molar-refractivity contribution is -0.117. The van der Waals surface area contributed by atoms with Gasteiger partial charge in [-0.2, -0.15) is 5.26 Å². The molecule has 132 valence electrons. The van der Waals surface area contributed by atoms with Crippen LogP contribution in [0.3, 0.4) is 0 Å². The Morgan fingerprint density at radius 2 is 1.92 bits per heavy atom. The third-order valence-corrected chi connectivity index (χ3v) is 5.41. The number of hydrogen-bond acceptors (Lipinski definition) is 3. The molecule has 2 aliphatic rings. The maximum absolute atomic E-state index is 12.2. The lowest BCUT2D eigenvalue weighted by Gasteiger charge is -2.19. The molecule has 0 saturated heterocycles. The summed E-state index contributed by atoms with van der Waals surface area (Å²) < 4.78 is 0. The van der Waals surface area contributed by atoms with Crippen LogP contribution in [0.5, 0.6) is 0 Å². The summed E-state index contributed by atoms with van der Waals surface area (Å²) in [6.45, 7) is 2.06. The number of benzene rings is 1. The van der Waals surface area contributed by atoms with E-state index < -0.39 is 0 Å². The Morgan fingerprint density at radius 3 is 2.64 bits per heavy atom. The van der Waals surface area contributed by atoms with Crippen LogP contribution in [0.2, 0.25) is 0 Å². The zero-order valence-electron chi connectivity index (χ0n) is 15.0. The number of fused-ring (bicyclic) bond motifs is 1. The summed E-state index contributed by atoms with van der Waals surface area (Å²) in [5, 5.41) is 15.5. The van der Waals surface area contributed by atoms with E-state index in [-0.39, 0.29) is 23.6 Å². The summed E-state index contributed by atoms with van der Waals surface area (Å²) >= 11 is 0. The number of nitrogens with zero attached hydrogens (tertiary/aromatic N) is 1. The summed E-state index contributed by atoms with van der Waals surface area (Å²) in [6, 6.07) is 8.96. The van der Waals surface area contributed by atoms with Crippen LogP contribution in [0.15, 0.2) is 30.0 Å². The van der Waals surface area contributed by atoms with E-state index in [0.29, 0.717) is 0 Å². The second kappa shape index (κ2) is 8.20. The third kappa shape index (κ3) is 4.42. The summed E-state index contributed by atoms with van der Waals surface area (Å²) in [5.41, 5.74) is 4.26. The fourth-order valence-corrected chi connectivity index (χ4v) is 3.81. The first kappa shape index (κ1) is 17.5. The van der Waals surface area contributed by atoms with Crippen LogP contribution in [-0.2, 0) is 17.6 Å². The summed E-state index contributed by atoms with van der Waals surface area (Å²) in [5.74, 6) is -0.264. The van der Waals surface area contributed by atoms with Crippen molar-refractivity contribution in [2.75, 3.05) is 0 Å². The number of aryl methyl sites for hydroxylation is 2. The van der Waals surface area contributed by atoms with E-state index >= 15 is 0 Å². The standard InChI is InChI=1S/C21H27N3O/c1-15(17-11-10-16-6-2-3-7-18(16)12-17)23-14-19(13-22)21(25)24-20-8-4-5-9-20/h10-12,14-15,20,23H,2-9H2,1H3,(H,24,25)/b19-14-. The van der Waals surface area contributed by atoms with Crippen molar-refractivity contribution in [2.45, 2.75) is 70.4 Å². The monoisotopic (exact) mass is 337 g/mol. The fourth-order valence-electron chi connectivity index (χ4n) is 3.81. The first-order valence-electron chi connectivity index (χ1n) is 9.46. The largest absolute Gasteiger partial charge is 0.383 e. The Morgan fingerprint density at radius 1 is 1.20 bits per heavy atom. The molecule has 1 fully saturated rings. The first-order chi connectivity index (χ1) is 12.2. The topological polar surface area (TPSA) is 64.9 Å². The highest BCUT2D eigenvalue weighted by Gasteiger charge is 2.19. The second-order valence-electron chi connectivity index (χ2n) is 7.25. The minimum atomic E-state index is -0.264. The molecule has 4 heteroatoms. The van der Waals surface area contributed by atoms with Crippen LogP contribution < -0.4 is 10.6 Å². The van der Waals surface area contributed by atoms with Crippen LogP contribution in [-0.4, -0.2) is 11.9 Å². The molecule has 1 unspecified atom stereocenters. The van der Waals surface area contributed by atoms with Gasteiger partial charge in [0.2, 0.25) is 0 Å². The quantitative estimate of drug-likeness (QED) is 0.636. The minimum Gasteiger partial charge on any atom is -0.383 e. The highest BCUT2D eigenvalue weighted by atomic mass is 16.1. The molecule has 1 saturated carbocycles. The molecule has 0 spiro atoms. The Bertz CT molecular complexity index is 696. The lowest BCUT2D eigenvalue weighted by Crippen LogP contribution is -2.34. The molecule has 1 aromatic rings. The van der Waals surface area contributed by atoms with Crippen molar-refractivity contribution in [2.24, 2.45) is 0 Å². The van der Waals surface area contributed by atoms with Gasteiger partial charge in [0.1, 0.15) is 11.6 Å². The predicted octanol–water partition coefficient (Wildman–Crippen LogP) is 3.68. The summed E-state index contributed by atoms with van der Waals surface area (Å²) in [7, 11) is 0. The van der Waals surface area contributed by atoms with E-state index in [1.807, 2.05) is 6.07 Å². The zero-order valence-corrected chi connectivity index (χ0v) is 15.0. The van der Waals surface area contributed by atoms with Crippen LogP contribution in [0, 0.1) is 11.3 Å².